The monoisotopic (exact) mass is 411 g/mol. The lowest BCUT2D eigenvalue weighted by atomic mass is 10.2. The molecule has 1 amide bonds. The minimum absolute atomic E-state index is 0.212. The summed E-state index contributed by atoms with van der Waals surface area (Å²) in [7, 11) is 0. The first-order valence-corrected chi connectivity index (χ1v) is 10.9. The SMILES string of the molecule is O=C(CCCn1nnc(-c2ccccc2)n1)N1CCCN(Cc2cscn2)CC1. The number of hydrogen-bond donors (Lipinski definition) is 0. The largest absolute Gasteiger partial charge is 0.341 e. The molecule has 152 valence electrons. The Bertz CT molecular complexity index is 897. The molecule has 0 spiro atoms. The van der Waals surface area contributed by atoms with Crippen LogP contribution in [0.3, 0.4) is 0 Å². The van der Waals surface area contributed by atoms with Gasteiger partial charge in [0, 0.05) is 50.1 Å². The Hall–Kier alpha value is -2.65. The average molecular weight is 412 g/mol. The van der Waals surface area contributed by atoms with Crippen LogP contribution in [0.15, 0.2) is 41.2 Å². The number of hydrogen-bond acceptors (Lipinski definition) is 7. The molecule has 1 aliphatic heterocycles. The van der Waals surface area contributed by atoms with Gasteiger partial charge in [0.25, 0.3) is 0 Å². The van der Waals surface area contributed by atoms with Crippen molar-refractivity contribution < 1.29 is 4.79 Å². The van der Waals surface area contributed by atoms with Crippen molar-refractivity contribution >= 4 is 17.2 Å². The van der Waals surface area contributed by atoms with E-state index in [1.807, 2.05) is 40.7 Å². The molecule has 1 aliphatic rings. The fourth-order valence-corrected chi connectivity index (χ4v) is 4.04. The molecule has 1 fully saturated rings. The maximum atomic E-state index is 12.6. The Balaban J connectivity index is 1.21. The molecule has 8 nitrogen and oxygen atoms in total. The Morgan fingerprint density at radius 3 is 2.83 bits per heavy atom. The van der Waals surface area contributed by atoms with E-state index in [1.165, 1.54) is 0 Å². The van der Waals surface area contributed by atoms with Gasteiger partial charge in [-0.2, -0.15) is 4.80 Å². The second-order valence-corrected chi connectivity index (χ2v) is 7.89. The minimum Gasteiger partial charge on any atom is -0.341 e. The normalized spacial score (nSPS) is 15.4. The van der Waals surface area contributed by atoms with Gasteiger partial charge in [-0.1, -0.05) is 30.3 Å². The predicted molar refractivity (Wildman–Crippen MR) is 111 cm³/mol. The van der Waals surface area contributed by atoms with Crippen molar-refractivity contribution in [1.82, 2.24) is 35.0 Å². The lowest BCUT2D eigenvalue weighted by Crippen LogP contribution is -2.35. The van der Waals surface area contributed by atoms with Crippen molar-refractivity contribution in [2.24, 2.45) is 0 Å². The molecule has 29 heavy (non-hydrogen) atoms. The number of rotatable bonds is 7. The van der Waals surface area contributed by atoms with Crippen molar-refractivity contribution in [3.63, 3.8) is 0 Å². The minimum atomic E-state index is 0.212. The summed E-state index contributed by atoms with van der Waals surface area (Å²) in [6.45, 7) is 4.97. The summed E-state index contributed by atoms with van der Waals surface area (Å²) in [6, 6.07) is 9.78. The molecule has 1 saturated heterocycles. The summed E-state index contributed by atoms with van der Waals surface area (Å²) in [5.41, 5.74) is 3.93. The van der Waals surface area contributed by atoms with Gasteiger partial charge in [-0.15, -0.1) is 21.5 Å². The Morgan fingerprint density at radius 2 is 2.00 bits per heavy atom. The summed E-state index contributed by atoms with van der Waals surface area (Å²) in [5, 5.41) is 14.7. The van der Waals surface area contributed by atoms with E-state index in [0.717, 1.165) is 50.4 Å². The van der Waals surface area contributed by atoms with Gasteiger partial charge in [-0.05, 0) is 18.1 Å². The van der Waals surface area contributed by atoms with E-state index in [9.17, 15) is 4.79 Å². The zero-order chi connectivity index (χ0) is 19.9. The van der Waals surface area contributed by atoms with Crippen molar-refractivity contribution in [1.29, 1.82) is 0 Å². The van der Waals surface area contributed by atoms with Gasteiger partial charge >= 0.3 is 0 Å². The van der Waals surface area contributed by atoms with E-state index in [4.69, 9.17) is 0 Å². The van der Waals surface area contributed by atoms with E-state index in [-0.39, 0.29) is 5.91 Å². The van der Waals surface area contributed by atoms with Gasteiger partial charge in [0.2, 0.25) is 11.7 Å². The van der Waals surface area contributed by atoms with Crippen LogP contribution in [0.1, 0.15) is 25.0 Å². The summed E-state index contributed by atoms with van der Waals surface area (Å²) in [6.07, 6.45) is 2.22. The fourth-order valence-electron chi connectivity index (χ4n) is 3.49. The molecule has 0 aliphatic carbocycles. The molecule has 1 aromatic carbocycles. The first kappa shape index (κ1) is 19.7. The van der Waals surface area contributed by atoms with Crippen molar-refractivity contribution in [2.45, 2.75) is 32.4 Å². The van der Waals surface area contributed by atoms with E-state index in [2.05, 4.69) is 30.7 Å². The Labute approximate surface area is 174 Å². The third kappa shape index (κ3) is 5.45. The van der Waals surface area contributed by atoms with Gasteiger partial charge in [-0.25, -0.2) is 4.98 Å². The smallest absolute Gasteiger partial charge is 0.222 e. The van der Waals surface area contributed by atoms with Crippen LogP contribution in [0.5, 0.6) is 0 Å². The standard InChI is InChI=1S/C20H25N7OS/c28-19(26-10-5-9-25(12-13-26)14-18-15-29-16-21-18)8-4-11-27-23-20(22-24-27)17-6-2-1-3-7-17/h1-3,6-7,15-16H,4-5,8-14H2. The molecule has 0 saturated carbocycles. The fraction of sp³-hybridized carbons (Fsp3) is 0.450. The van der Waals surface area contributed by atoms with Crippen LogP contribution >= 0.6 is 11.3 Å². The summed E-state index contributed by atoms with van der Waals surface area (Å²) < 4.78 is 0. The molecule has 0 unspecified atom stereocenters. The number of aryl methyl sites for hydroxylation is 1. The quantitative estimate of drug-likeness (QED) is 0.594. The highest BCUT2D eigenvalue weighted by Crippen LogP contribution is 2.13. The Morgan fingerprint density at radius 1 is 1.10 bits per heavy atom. The number of tetrazole rings is 1. The van der Waals surface area contributed by atoms with Gasteiger partial charge < -0.3 is 4.90 Å². The van der Waals surface area contributed by atoms with Gasteiger partial charge in [0.05, 0.1) is 17.7 Å². The van der Waals surface area contributed by atoms with E-state index in [1.54, 1.807) is 16.1 Å². The zero-order valence-electron chi connectivity index (χ0n) is 16.4. The summed E-state index contributed by atoms with van der Waals surface area (Å²) in [5.74, 6) is 0.827. The highest BCUT2D eigenvalue weighted by atomic mass is 32.1. The van der Waals surface area contributed by atoms with Crippen LogP contribution in [0.25, 0.3) is 11.4 Å². The van der Waals surface area contributed by atoms with Crippen LogP contribution in [-0.2, 0) is 17.9 Å². The van der Waals surface area contributed by atoms with E-state index in [0.29, 0.717) is 25.2 Å². The van der Waals surface area contributed by atoms with Crippen LogP contribution < -0.4 is 0 Å². The van der Waals surface area contributed by atoms with Gasteiger partial charge in [-0.3, -0.25) is 9.69 Å². The van der Waals surface area contributed by atoms with Gasteiger partial charge in [0.1, 0.15) is 0 Å². The topological polar surface area (TPSA) is 80.0 Å². The van der Waals surface area contributed by atoms with Crippen LogP contribution in [0, 0.1) is 0 Å². The number of carbonyl (C=O) groups is 1. The molecule has 4 rings (SSSR count). The lowest BCUT2D eigenvalue weighted by Gasteiger charge is -2.21. The van der Waals surface area contributed by atoms with E-state index < -0.39 is 0 Å². The third-order valence-electron chi connectivity index (χ3n) is 5.04. The molecular formula is C20H25N7OS. The summed E-state index contributed by atoms with van der Waals surface area (Å²) in [4.78, 5) is 22.9. The number of amides is 1. The molecule has 9 heteroatoms. The predicted octanol–water partition coefficient (Wildman–Crippen LogP) is 2.31. The molecule has 3 aromatic rings. The molecule has 0 atom stereocenters. The van der Waals surface area contributed by atoms with Crippen molar-refractivity contribution in [3.05, 3.63) is 46.9 Å². The second-order valence-electron chi connectivity index (χ2n) is 7.17. The first-order valence-electron chi connectivity index (χ1n) is 9.98. The number of carbonyl (C=O) groups excluding carboxylic acids is 1. The van der Waals surface area contributed by atoms with E-state index >= 15 is 0 Å². The molecule has 0 bridgehead atoms. The summed E-state index contributed by atoms with van der Waals surface area (Å²) >= 11 is 1.63. The van der Waals surface area contributed by atoms with Crippen LogP contribution in [0.4, 0.5) is 0 Å². The highest BCUT2D eigenvalue weighted by molar-refractivity contribution is 7.07. The molecule has 0 radical (unpaired) electrons. The van der Waals surface area contributed by atoms with Gasteiger partial charge in [0.15, 0.2) is 0 Å². The number of nitrogens with zero attached hydrogens (tertiary/aromatic N) is 7. The molecule has 3 heterocycles. The molecule has 2 aromatic heterocycles. The third-order valence-corrected chi connectivity index (χ3v) is 5.68. The maximum absolute atomic E-state index is 12.6. The Kier molecular flexibility index (Phi) is 6.58. The average Bonchev–Trinajstić information content (AvgIpc) is 3.37. The number of aromatic nitrogens is 5. The lowest BCUT2D eigenvalue weighted by molar-refractivity contribution is -0.131. The van der Waals surface area contributed by atoms with Crippen LogP contribution in [-0.4, -0.2) is 67.1 Å². The maximum Gasteiger partial charge on any atom is 0.222 e. The van der Waals surface area contributed by atoms with Crippen molar-refractivity contribution in [2.75, 3.05) is 26.2 Å². The zero-order valence-corrected chi connectivity index (χ0v) is 17.2. The molecule has 0 N–H and O–H groups in total. The first-order chi connectivity index (χ1) is 14.3. The number of benzene rings is 1. The molecular weight excluding hydrogens is 386 g/mol. The van der Waals surface area contributed by atoms with Crippen LogP contribution in [0.2, 0.25) is 0 Å². The van der Waals surface area contributed by atoms with Crippen molar-refractivity contribution in [3.8, 4) is 11.4 Å². The highest BCUT2D eigenvalue weighted by Gasteiger charge is 2.19. The number of thiazole rings is 1. The second kappa shape index (κ2) is 9.71.